The molecule has 3 nitrogen and oxygen atoms in total. The summed E-state index contributed by atoms with van der Waals surface area (Å²) in [6.07, 6.45) is 0. The Kier molecular flexibility index (Phi) is 8.08. The molecule has 0 aliphatic rings. The summed E-state index contributed by atoms with van der Waals surface area (Å²) in [6, 6.07) is 0.825. The lowest BCUT2D eigenvalue weighted by molar-refractivity contribution is -0.365. The summed E-state index contributed by atoms with van der Waals surface area (Å²) in [5.74, 6) is -0.807. The molecule has 0 N–H and O–H groups in total. The molecule has 14 heavy (non-hydrogen) atoms. The van der Waals surface area contributed by atoms with Gasteiger partial charge in [-0.1, -0.05) is 0 Å². The van der Waals surface area contributed by atoms with Crippen LogP contribution in [0, 0.1) is 0 Å². The molecule has 0 aliphatic carbocycles. The van der Waals surface area contributed by atoms with Crippen LogP contribution in [0.4, 0.5) is 0 Å². The van der Waals surface area contributed by atoms with Gasteiger partial charge in [-0.2, -0.15) is 0 Å². The zero-order valence-corrected chi connectivity index (χ0v) is 11.0. The van der Waals surface area contributed by atoms with E-state index in [9.17, 15) is 0 Å². The van der Waals surface area contributed by atoms with E-state index < -0.39 is 5.97 Å². The fraction of sp³-hybridized carbons (Fsp3) is 0.800. The minimum atomic E-state index is -0.807. The van der Waals surface area contributed by atoms with Crippen LogP contribution >= 0.6 is 0 Å². The molecule has 0 aromatic heterocycles. The van der Waals surface area contributed by atoms with Crippen LogP contribution in [0.1, 0.15) is 20.8 Å². The second kappa shape index (κ2) is 8.17. The third-order valence-electron chi connectivity index (χ3n) is 1.75. The summed E-state index contributed by atoms with van der Waals surface area (Å²) in [5, 5.41) is 0. The largest absolute Gasteiger partial charge is 0.328 e. The molecule has 0 aliphatic heterocycles. The summed E-state index contributed by atoms with van der Waals surface area (Å²) in [5.41, 5.74) is 1.98. The van der Waals surface area contributed by atoms with E-state index in [0.717, 1.165) is 6.04 Å². The van der Waals surface area contributed by atoms with Crippen LogP contribution < -0.4 is 0 Å². The lowest BCUT2D eigenvalue weighted by atomic mass is 10.6. The smallest absolute Gasteiger partial charge is 0.280 e. The van der Waals surface area contributed by atoms with E-state index in [0.29, 0.717) is 19.8 Å². The molecule has 84 valence electrons. The normalized spacial score (nSPS) is 12.5. The minimum absolute atomic E-state index is 0.354. The minimum Gasteiger partial charge on any atom is -0.328 e. The molecule has 0 atom stereocenters. The number of hydrogen-bond acceptors (Lipinski definition) is 3. The van der Waals surface area contributed by atoms with Crippen molar-refractivity contribution in [3.63, 3.8) is 0 Å². The molecule has 0 saturated heterocycles. The molecule has 0 unspecified atom stereocenters. The van der Waals surface area contributed by atoms with Crippen LogP contribution in [0.25, 0.3) is 0 Å². The first kappa shape index (κ1) is 13.8. The van der Waals surface area contributed by atoms with Crippen LogP contribution in [0.3, 0.4) is 0 Å². The van der Waals surface area contributed by atoms with Crippen molar-refractivity contribution in [2.24, 2.45) is 0 Å². The molecule has 0 fully saturated rings. The van der Waals surface area contributed by atoms with Crippen molar-refractivity contribution < 1.29 is 14.2 Å². The predicted molar refractivity (Wildman–Crippen MR) is 61.2 cm³/mol. The Hall–Kier alpha value is -0.163. The summed E-state index contributed by atoms with van der Waals surface area (Å²) in [6.45, 7) is 11.4. The van der Waals surface area contributed by atoms with Crippen molar-refractivity contribution in [2.45, 2.75) is 32.8 Å². The molecule has 0 aromatic carbocycles. The molecule has 0 radical (unpaired) electrons. The van der Waals surface area contributed by atoms with Gasteiger partial charge >= 0.3 is 0 Å². The Morgan fingerprint density at radius 2 is 1.50 bits per heavy atom. The van der Waals surface area contributed by atoms with Gasteiger partial charge in [0.05, 0.1) is 9.52 Å². The maximum Gasteiger partial charge on any atom is 0.280 e. The molecular formula is C10H22O3Si. The topological polar surface area (TPSA) is 27.7 Å². The van der Waals surface area contributed by atoms with Gasteiger partial charge < -0.3 is 14.2 Å². The van der Waals surface area contributed by atoms with Gasteiger partial charge in [-0.25, -0.2) is 0 Å². The monoisotopic (exact) mass is 218 g/mol. The highest BCUT2D eigenvalue weighted by molar-refractivity contribution is 6.42. The van der Waals surface area contributed by atoms with E-state index in [1.54, 1.807) is 0 Å². The van der Waals surface area contributed by atoms with Gasteiger partial charge in [0.25, 0.3) is 5.97 Å². The van der Waals surface area contributed by atoms with Gasteiger partial charge in [0.2, 0.25) is 0 Å². The lowest BCUT2D eigenvalue weighted by Crippen LogP contribution is -2.40. The van der Waals surface area contributed by atoms with Gasteiger partial charge in [-0.15, -0.1) is 12.3 Å². The molecule has 0 aromatic rings. The molecule has 4 heteroatoms. The molecule has 0 heterocycles. The molecule has 0 amide bonds. The first-order valence-electron chi connectivity index (χ1n) is 5.27. The van der Waals surface area contributed by atoms with E-state index in [1.165, 1.54) is 0 Å². The van der Waals surface area contributed by atoms with E-state index in [4.69, 9.17) is 14.2 Å². The van der Waals surface area contributed by atoms with Crippen LogP contribution in [-0.2, 0) is 14.2 Å². The van der Waals surface area contributed by atoms with Crippen molar-refractivity contribution in [3.05, 3.63) is 12.3 Å². The highest BCUT2D eigenvalue weighted by Crippen LogP contribution is 2.20. The molecule has 0 rings (SSSR count). The molecular weight excluding hydrogens is 196 g/mol. The second-order valence-corrected chi connectivity index (χ2v) is 4.46. The molecule has 0 bridgehead atoms. The Bertz CT molecular complexity index is 133. The first-order chi connectivity index (χ1) is 6.74. The predicted octanol–water partition coefficient (Wildman–Crippen LogP) is 1.48. The lowest BCUT2D eigenvalue weighted by Gasteiger charge is -2.32. The van der Waals surface area contributed by atoms with E-state index in [1.807, 2.05) is 26.5 Å². The van der Waals surface area contributed by atoms with Crippen molar-refractivity contribution in [3.8, 4) is 0 Å². The van der Waals surface area contributed by atoms with Crippen molar-refractivity contribution in [2.75, 3.05) is 19.8 Å². The maximum atomic E-state index is 5.56. The third kappa shape index (κ3) is 4.90. The Morgan fingerprint density at radius 3 is 1.79 bits per heavy atom. The summed E-state index contributed by atoms with van der Waals surface area (Å²) in [4.78, 5) is 0. The highest BCUT2D eigenvalue weighted by Gasteiger charge is 2.31. The van der Waals surface area contributed by atoms with Crippen LogP contribution in [0.2, 0.25) is 6.04 Å². The van der Waals surface area contributed by atoms with Crippen molar-refractivity contribution >= 4 is 9.52 Å². The van der Waals surface area contributed by atoms with Gasteiger partial charge in [-0.3, -0.25) is 0 Å². The van der Waals surface area contributed by atoms with E-state index in [2.05, 4.69) is 6.58 Å². The van der Waals surface area contributed by atoms with Crippen molar-refractivity contribution in [1.29, 1.82) is 0 Å². The number of rotatable bonds is 9. The third-order valence-corrected chi connectivity index (χ3v) is 3.06. The quantitative estimate of drug-likeness (QED) is 0.433. The standard InChI is InChI=1S/C10H22O3Si/c1-5-11-10(12-6-2,13-7-3)9-14-8-4/h8H,4-7,9,14H2,1-3H3. The van der Waals surface area contributed by atoms with Crippen LogP contribution in [0.15, 0.2) is 12.3 Å². The van der Waals surface area contributed by atoms with Crippen LogP contribution in [-0.4, -0.2) is 35.3 Å². The average Bonchev–Trinajstić information content (AvgIpc) is 2.16. The zero-order valence-electron chi connectivity index (χ0n) is 9.54. The fourth-order valence-electron chi connectivity index (χ4n) is 1.28. The summed E-state index contributed by atoms with van der Waals surface area (Å²) in [7, 11) is -0.354. The second-order valence-electron chi connectivity index (χ2n) is 2.81. The Labute approximate surface area is 89.2 Å². The molecule has 0 saturated carbocycles. The van der Waals surface area contributed by atoms with Gasteiger partial charge in [0.1, 0.15) is 0 Å². The first-order valence-corrected chi connectivity index (χ1v) is 7.09. The van der Waals surface area contributed by atoms with Gasteiger partial charge in [0, 0.05) is 25.9 Å². The SMILES string of the molecule is C=C[SiH2]CC(OCC)(OCC)OCC. The van der Waals surface area contributed by atoms with Crippen molar-refractivity contribution in [1.82, 2.24) is 0 Å². The highest BCUT2D eigenvalue weighted by atomic mass is 28.2. The summed E-state index contributed by atoms with van der Waals surface area (Å²) < 4.78 is 16.7. The average molecular weight is 218 g/mol. The van der Waals surface area contributed by atoms with Gasteiger partial charge in [-0.05, 0) is 20.8 Å². The Morgan fingerprint density at radius 1 is 1.07 bits per heavy atom. The number of hydrogen-bond donors (Lipinski definition) is 0. The number of ether oxygens (including phenoxy) is 3. The molecule has 0 spiro atoms. The maximum absolute atomic E-state index is 5.56. The Balaban J connectivity index is 4.28. The summed E-state index contributed by atoms with van der Waals surface area (Å²) >= 11 is 0. The fourth-order valence-corrected chi connectivity index (χ4v) is 2.27. The van der Waals surface area contributed by atoms with E-state index in [-0.39, 0.29) is 9.52 Å². The zero-order chi connectivity index (χ0) is 10.9. The van der Waals surface area contributed by atoms with Gasteiger partial charge in [0.15, 0.2) is 0 Å². The van der Waals surface area contributed by atoms with Crippen LogP contribution in [0.5, 0.6) is 0 Å². The van der Waals surface area contributed by atoms with E-state index >= 15 is 0 Å².